The summed E-state index contributed by atoms with van der Waals surface area (Å²) in [5.41, 5.74) is 2.10. The standard InChI is InChI=1S/C16H24N2O2/c1-3-18(15-7-5-4-6-13(15)2)16(19)12-20-14-8-10-17-11-9-14/h4-7,14,17H,3,8-12H2,1-2H3. The zero-order valence-corrected chi connectivity index (χ0v) is 12.4. The summed E-state index contributed by atoms with van der Waals surface area (Å²) < 4.78 is 5.76. The Bertz CT molecular complexity index is 442. The van der Waals surface area contributed by atoms with E-state index in [1.54, 1.807) is 4.90 Å². The number of rotatable bonds is 5. The maximum atomic E-state index is 12.4. The molecule has 20 heavy (non-hydrogen) atoms. The van der Waals surface area contributed by atoms with Gasteiger partial charge < -0.3 is 15.0 Å². The van der Waals surface area contributed by atoms with Crippen LogP contribution in [0.15, 0.2) is 24.3 Å². The monoisotopic (exact) mass is 276 g/mol. The summed E-state index contributed by atoms with van der Waals surface area (Å²) in [6.45, 7) is 6.82. The number of nitrogens with one attached hydrogen (secondary N) is 1. The van der Waals surface area contributed by atoms with Crippen LogP contribution in [0, 0.1) is 6.92 Å². The number of hydrogen-bond donors (Lipinski definition) is 1. The van der Waals surface area contributed by atoms with Crippen molar-refractivity contribution in [2.45, 2.75) is 32.8 Å². The number of carbonyl (C=O) groups is 1. The molecule has 1 N–H and O–H groups in total. The van der Waals surface area contributed by atoms with Gasteiger partial charge in [0.1, 0.15) is 6.61 Å². The van der Waals surface area contributed by atoms with E-state index >= 15 is 0 Å². The van der Waals surface area contributed by atoms with Crippen molar-refractivity contribution in [3.05, 3.63) is 29.8 Å². The Balaban J connectivity index is 1.93. The summed E-state index contributed by atoms with van der Waals surface area (Å²) in [6, 6.07) is 7.97. The fraction of sp³-hybridized carbons (Fsp3) is 0.562. The lowest BCUT2D eigenvalue weighted by Crippen LogP contribution is -2.38. The Morgan fingerprint density at radius 2 is 2.05 bits per heavy atom. The second-order valence-corrected chi connectivity index (χ2v) is 5.18. The summed E-state index contributed by atoms with van der Waals surface area (Å²) >= 11 is 0. The molecule has 0 aromatic heterocycles. The first-order chi connectivity index (χ1) is 9.72. The van der Waals surface area contributed by atoms with Crippen molar-refractivity contribution in [2.24, 2.45) is 0 Å². The average Bonchev–Trinajstić information content (AvgIpc) is 2.49. The molecule has 1 saturated heterocycles. The normalized spacial score (nSPS) is 16.1. The average molecular weight is 276 g/mol. The van der Waals surface area contributed by atoms with Crippen LogP contribution < -0.4 is 10.2 Å². The number of para-hydroxylation sites is 1. The number of aryl methyl sites for hydroxylation is 1. The van der Waals surface area contributed by atoms with Gasteiger partial charge in [-0.05, 0) is 51.4 Å². The van der Waals surface area contributed by atoms with Crippen molar-refractivity contribution in [3.8, 4) is 0 Å². The van der Waals surface area contributed by atoms with Gasteiger partial charge in [0.05, 0.1) is 6.10 Å². The second kappa shape index (κ2) is 7.41. The minimum Gasteiger partial charge on any atom is -0.368 e. The summed E-state index contributed by atoms with van der Waals surface area (Å²) in [5.74, 6) is 0.0420. The third-order valence-corrected chi connectivity index (χ3v) is 3.75. The number of nitrogens with zero attached hydrogens (tertiary/aromatic N) is 1. The van der Waals surface area contributed by atoms with Crippen molar-refractivity contribution in [1.29, 1.82) is 0 Å². The first kappa shape index (κ1) is 15.0. The van der Waals surface area contributed by atoms with E-state index in [1.165, 1.54) is 0 Å². The molecule has 0 spiro atoms. The highest BCUT2D eigenvalue weighted by Gasteiger charge is 2.19. The molecule has 1 fully saturated rings. The van der Waals surface area contributed by atoms with Gasteiger partial charge in [-0.25, -0.2) is 0 Å². The van der Waals surface area contributed by atoms with Crippen molar-refractivity contribution < 1.29 is 9.53 Å². The van der Waals surface area contributed by atoms with Gasteiger partial charge in [0, 0.05) is 12.2 Å². The van der Waals surface area contributed by atoms with Crippen LogP contribution in [0.4, 0.5) is 5.69 Å². The van der Waals surface area contributed by atoms with Crippen molar-refractivity contribution in [2.75, 3.05) is 31.1 Å². The molecule has 110 valence electrons. The van der Waals surface area contributed by atoms with Crippen molar-refractivity contribution in [3.63, 3.8) is 0 Å². The second-order valence-electron chi connectivity index (χ2n) is 5.18. The molecule has 1 aliphatic rings. The van der Waals surface area contributed by atoms with E-state index < -0.39 is 0 Å². The number of anilines is 1. The third-order valence-electron chi connectivity index (χ3n) is 3.75. The number of piperidine rings is 1. The number of likely N-dealkylation sites (N-methyl/N-ethyl adjacent to an activating group) is 1. The highest BCUT2D eigenvalue weighted by molar-refractivity contribution is 5.94. The molecule has 1 aromatic carbocycles. The topological polar surface area (TPSA) is 41.6 Å². The lowest BCUT2D eigenvalue weighted by Gasteiger charge is -2.26. The molecule has 0 atom stereocenters. The third kappa shape index (κ3) is 3.81. The van der Waals surface area contributed by atoms with Crippen LogP contribution in [0.5, 0.6) is 0 Å². The molecule has 2 rings (SSSR count). The van der Waals surface area contributed by atoms with Gasteiger partial charge in [-0.1, -0.05) is 18.2 Å². The highest BCUT2D eigenvalue weighted by Crippen LogP contribution is 2.19. The summed E-state index contributed by atoms with van der Waals surface area (Å²) in [4.78, 5) is 14.2. The summed E-state index contributed by atoms with van der Waals surface area (Å²) in [6.07, 6.45) is 2.20. The Kier molecular flexibility index (Phi) is 5.56. The van der Waals surface area contributed by atoms with E-state index in [9.17, 15) is 4.79 Å². The summed E-state index contributed by atoms with van der Waals surface area (Å²) in [5, 5.41) is 3.29. The van der Waals surface area contributed by atoms with E-state index in [4.69, 9.17) is 4.74 Å². The number of ether oxygens (including phenoxy) is 1. The van der Waals surface area contributed by atoms with Crippen molar-refractivity contribution >= 4 is 11.6 Å². The zero-order chi connectivity index (χ0) is 14.4. The molecule has 1 heterocycles. The predicted octanol–water partition coefficient (Wildman–Crippen LogP) is 2.12. The van der Waals surface area contributed by atoms with Crippen molar-refractivity contribution in [1.82, 2.24) is 5.32 Å². The fourth-order valence-corrected chi connectivity index (χ4v) is 2.58. The lowest BCUT2D eigenvalue weighted by molar-refractivity contribution is -0.125. The Hall–Kier alpha value is -1.39. The fourth-order valence-electron chi connectivity index (χ4n) is 2.58. The van der Waals surface area contributed by atoms with E-state index in [-0.39, 0.29) is 18.6 Å². The molecule has 4 heteroatoms. The van der Waals surface area contributed by atoms with Crippen LogP contribution in [0.25, 0.3) is 0 Å². The van der Waals surface area contributed by atoms with Gasteiger partial charge in [0.15, 0.2) is 0 Å². The Morgan fingerprint density at radius 1 is 1.35 bits per heavy atom. The SMILES string of the molecule is CCN(C(=O)COC1CCNCC1)c1ccccc1C. The molecular formula is C16H24N2O2. The molecule has 1 amide bonds. The van der Waals surface area contributed by atoms with Crippen LogP contribution >= 0.6 is 0 Å². The van der Waals surface area contributed by atoms with Gasteiger partial charge in [0.25, 0.3) is 5.91 Å². The maximum Gasteiger partial charge on any atom is 0.252 e. The lowest BCUT2D eigenvalue weighted by atomic mass is 10.1. The number of benzene rings is 1. The summed E-state index contributed by atoms with van der Waals surface area (Å²) in [7, 11) is 0. The smallest absolute Gasteiger partial charge is 0.252 e. The number of hydrogen-bond acceptors (Lipinski definition) is 3. The zero-order valence-electron chi connectivity index (χ0n) is 12.4. The highest BCUT2D eigenvalue weighted by atomic mass is 16.5. The predicted molar refractivity (Wildman–Crippen MR) is 81.0 cm³/mol. The van der Waals surface area contributed by atoms with E-state index in [0.717, 1.165) is 37.2 Å². The molecule has 1 aliphatic heterocycles. The van der Waals surface area contributed by atoms with Crippen LogP contribution in [-0.4, -0.2) is 38.3 Å². The van der Waals surface area contributed by atoms with Crippen LogP contribution in [-0.2, 0) is 9.53 Å². The van der Waals surface area contributed by atoms with Gasteiger partial charge in [-0.15, -0.1) is 0 Å². The molecule has 0 bridgehead atoms. The molecule has 1 aromatic rings. The first-order valence-electron chi connectivity index (χ1n) is 7.40. The Labute approximate surface area is 121 Å². The molecule has 0 unspecified atom stereocenters. The van der Waals surface area contributed by atoms with Gasteiger partial charge in [0.2, 0.25) is 0 Å². The van der Waals surface area contributed by atoms with Gasteiger partial charge >= 0.3 is 0 Å². The Morgan fingerprint density at radius 3 is 2.70 bits per heavy atom. The minimum absolute atomic E-state index is 0.0420. The molecular weight excluding hydrogens is 252 g/mol. The van der Waals surface area contributed by atoms with Crippen LogP contribution in [0.3, 0.4) is 0 Å². The molecule has 4 nitrogen and oxygen atoms in total. The molecule has 0 radical (unpaired) electrons. The maximum absolute atomic E-state index is 12.4. The van der Waals surface area contributed by atoms with E-state index in [1.807, 2.05) is 38.1 Å². The number of carbonyl (C=O) groups excluding carboxylic acids is 1. The quantitative estimate of drug-likeness (QED) is 0.895. The first-order valence-corrected chi connectivity index (χ1v) is 7.40. The van der Waals surface area contributed by atoms with Crippen LogP contribution in [0.2, 0.25) is 0 Å². The van der Waals surface area contributed by atoms with Crippen LogP contribution in [0.1, 0.15) is 25.3 Å². The number of amides is 1. The van der Waals surface area contributed by atoms with Gasteiger partial charge in [-0.3, -0.25) is 4.79 Å². The van der Waals surface area contributed by atoms with E-state index in [0.29, 0.717) is 6.54 Å². The minimum atomic E-state index is 0.0420. The molecule has 0 aliphatic carbocycles. The molecule has 0 saturated carbocycles. The largest absolute Gasteiger partial charge is 0.368 e. The van der Waals surface area contributed by atoms with E-state index in [2.05, 4.69) is 5.32 Å². The van der Waals surface area contributed by atoms with Gasteiger partial charge in [-0.2, -0.15) is 0 Å².